The van der Waals surface area contributed by atoms with E-state index >= 15 is 0 Å². The number of carbonyl (C=O) groups is 1. The van der Waals surface area contributed by atoms with Gasteiger partial charge in [0.25, 0.3) is 5.91 Å². The molecule has 0 aliphatic heterocycles. The van der Waals surface area contributed by atoms with Crippen LogP contribution in [0.25, 0.3) is 10.8 Å². The van der Waals surface area contributed by atoms with E-state index in [1.165, 1.54) is 11.3 Å². The van der Waals surface area contributed by atoms with Crippen LogP contribution in [0.2, 0.25) is 0 Å². The normalized spacial score (nSPS) is 12.2. The van der Waals surface area contributed by atoms with E-state index in [9.17, 15) is 9.90 Å². The summed E-state index contributed by atoms with van der Waals surface area (Å²) >= 11 is 1.53. The zero-order chi connectivity index (χ0) is 15.4. The topological polar surface area (TPSA) is 49.3 Å². The van der Waals surface area contributed by atoms with Crippen LogP contribution in [0.15, 0.2) is 60.0 Å². The molecular weight excluding hydrogens is 294 g/mol. The number of benzene rings is 2. The molecule has 112 valence electrons. The number of thiophene rings is 1. The number of hydrogen-bond acceptors (Lipinski definition) is 3. The molecule has 3 nitrogen and oxygen atoms in total. The molecule has 3 aromatic rings. The van der Waals surface area contributed by atoms with Crippen molar-refractivity contribution >= 4 is 28.0 Å². The first-order valence-electron chi connectivity index (χ1n) is 7.23. The second kappa shape index (κ2) is 6.73. The molecule has 3 rings (SSSR count). The summed E-state index contributed by atoms with van der Waals surface area (Å²) in [5.74, 6) is -0.102. The lowest BCUT2D eigenvalue weighted by Gasteiger charge is -2.11. The van der Waals surface area contributed by atoms with Gasteiger partial charge in [-0.25, -0.2) is 0 Å². The van der Waals surface area contributed by atoms with Crippen LogP contribution in [0.3, 0.4) is 0 Å². The van der Waals surface area contributed by atoms with Crippen molar-refractivity contribution in [3.05, 3.63) is 70.4 Å². The van der Waals surface area contributed by atoms with Gasteiger partial charge in [0.1, 0.15) is 0 Å². The molecule has 4 heteroatoms. The Morgan fingerprint density at radius 3 is 2.73 bits per heavy atom. The summed E-state index contributed by atoms with van der Waals surface area (Å²) in [7, 11) is 0. The lowest BCUT2D eigenvalue weighted by atomic mass is 10.0. The largest absolute Gasteiger partial charge is 0.388 e. The van der Waals surface area contributed by atoms with Gasteiger partial charge in [-0.15, -0.1) is 11.3 Å². The molecule has 2 aromatic carbocycles. The third-order valence-electron chi connectivity index (χ3n) is 3.61. The fraction of sp³-hybridized carbons (Fsp3) is 0.167. The van der Waals surface area contributed by atoms with Crippen molar-refractivity contribution in [2.24, 2.45) is 0 Å². The summed E-state index contributed by atoms with van der Waals surface area (Å²) in [6.45, 7) is 0.446. The number of aliphatic hydroxyl groups excluding tert-OH is 1. The lowest BCUT2D eigenvalue weighted by Crippen LogP contribution is -2.25. The standard InChI is InChI=1S/C18H17NO2S/c20-16(17-9-4-12-22-17)10-11-19-18(21)15-8-3-6-13-5-1-2-7-14(13)15/h1-9,12,16,20H,10-11H2,(H,19,21)/t16-/m0/s1. The number of rotatable bonds is 5. The van der Waals surface area contributed by atoms with Gasteiger partial charge in [-0.2, -0.15) is 0 Å². The SMILES string of the molecule is O=C(NCC[C@H](O)c1cccs1)c1cccc2ccccc12. The molecular formula is C18H17NO2S. The Hall–Kier alpha value is -2.17. The predicted molar refractivity (Wildman–Crippen MR) is 90.2 cm³/mol. The number of hydrogen-bond donors (Lipinski definition) is 2. The predicted octanol–water partition coefficient (Wildman–Crippen LogP) is 3.75. The second-order valence-corrected chi connectivity index (χ2v) is 6.08. The van der Waals surface area contributed by atoms with E-state index in [0.29, 0.717) is 18.5 Å². The van der Waals surface area contributed by atoms with E-state index in [-0.39, 0.29) is 5.91 Å². The van der Waals surface area contributed by atoms with Gasteiger partial charge in [-0.1, -0.05) is 42.5 Å². The zero-order valence-electron chi connectivity index (χ0n) is 12.0. The molecule has 0 aliphatic rings. The first-order valence-corrected chi connectivity index (χ1v) is 8.11. The van der Waals surface area contributed by atoms with E-state index < -0.39 is 6.10 Å². The van der Waals surface area contributed by atoms with Crippen LogP contribution in [0, 0.1) is 0 Å². The monoisotopic (exact) mass is 311 g/mol. The van der Waals surface area contributed by atoms with Crippen LogP contribution in [0.5, 0.6) is 0 Å². The Labute approximate surface area is 133 Å². The van der Waals surface area contributed by atoms with Crippen LogP contribution >= 0.6 is 11.3 Å². The highest BCUT2D eigenvalue weighted by Crippen LogP contribution is 2.21. The average molecular weight is 311 g/mol. The summed E-state index contributed by atoms with van der Waals surface area (Å²) in [6.07, 6.45) is -0.00961. The Morgan fingerprint density at radius 1 is 1.09 bits per heavy atom. The number of nitrogens with one attached hydrogen (secondary N) is 1. The molecule has 0 saturated carbocycles. The third-order valence-corrected chi connectivity index (χ3v) is 4.58. The van der Waals surface area contributed by atoms with Crippen molar-refractivity contribution in [3.8, 4) is 0 Å². The summed E-state index contributed by atoms with van der Waals surface area (Å²) in [6, 6.07) is 17.4. The van der Waals surface area contributed by atoms with Gasteiger partial charge in [-0.05, 0) is 34.7 Å². The maximum atomic E-state index is 12.3. The van der Waals surface area contributed by atoms with Crippen molar-refractivity contribution in [2.45, 2.75) is 12.5 Å². The fourth-order valence-electron chi connectivity index (χ4n) is 2.46. The van der Waals surface area contributed by atoms with Gasteiger partial charge < -0.3 is 10.4 Å². The molecule has 22 heavy (non-hydrogen) atoms. The zero-order valence-corrected chi connectivity index (χ0v) is 12.8. The average Bonchev–Trinajstić information content (AvgIpc) is 3.08. The molecule has 2 N–H and O–H groups in total. The Kier molecular flexibility index (Phi) is 4.51. The molecule has 0 unspecified atom stereocenters. The van der Waals surface area contributed by atoms with E-state index in [0.717, 1.165) is 15.6 Å². The maximum Gasteiger partial charge on any atom is 0.251 e. The summed E-state index contributed by atoms with van der Waals surface area (Å²) in [5.41, 5.74) is 0.670. The van der Waals surface area contributed by atoms with Gasteiger partial charge in [0.15, 0.2) is 0 Å². The minimum absolute atomic E-state index is 0.102. The fourth-order valence-corrected chi connectivity index (χ4v) is 3.21. The van der Waals surface area contributed by atoms with Crippen LogP contribution in [0.4, 0.5) is 0 Å². The van der Waals surface area contributed by atoms with Gasteiger partial charge in [0.05, 0.1) is 6.10 Å². The number of carbonyl (C=O) groups excluding carboxylic acids is 1. The molecule has 1 amide bonds. The van der Waals surface area contributed by atoms with Gasteiger partial charge in [-0.3, -0.25) is 4.79 Å². The quantitative estimate of drug-likeness (QED) is 0.754. The van der Waals surface area contributed by atoms with Gasteiger partial charge >= 0.3 is 0 Å². The summed E-state index contributed by atoms with van der Waals surface area (Å²) < 4.78 is 0. The lowest BCUT2D eigenvalue weighted by molar-refractivity contribution is 0.0945. The molecule has 1 heterocycles. The van der Waals surface area contributed by atoms with E-state index in [2.05, 4.69) is 5.32 Å². The maximum absolute atomic E-state index is 12.3. The Morgan fingerprint density at radius 2 is 1.91 bits per heavy atom. The number of amides is 1. The summed E-state index contributed by atoms with van der Waals surface area (Å²) in [4.78, 5) is 13.3. The highest BCUT2D eigenvalue weighted by atomic mass is 32.1. The molecule has 1 aromatic heterocycles. The molecule has 0 saturated heterocycles. The first-order chi connectivity index (χ1) is 10.8. The highest BCUT2D eigenvalue weighted by molar-refractivity contribution is 7.10. The molecule has 0 spiro atoms. The van der Waals surface area contributed by atoms with E-state index in [1.807, 2.05) is 60.0 Å². The highest BCUT2D eigenvalue weighted by Gasteiger charge is 2.11. The van der Waals surface area contributed by atoms with Crippen molar-refractivity contribution in [3.63, 3.8) is 0 Å². The van der Waals surface area contributed by atoms with Crippen LogP contribution in [-0.2, 0) is 0 Å². The molecule has 1 atom stereocenters. The van der Waals surface area contributed by atoms with Crippen LogP contribution < -0.4 is 5.32 Å². The second-order valence-electron chi connectivity index (χ2n) is 5.10. The molecule has 0 aliphatic carbocycles. The van der Waals surface area contributed by atoms with Gasteiger partial charge in [0, 0.05) is 17.0 Å². The van der Waals surface area contributed by atoms with Crippen LogP contribution in [0.1, 0.15) is 27.8 Å². The minimum Gasteiger partial charge on any atom is -0.388 e. The Balaban J connectivity index is 1.64. The minimum atomic E-state index is -0.521. The van der Waals surface area contributed by atoms with E-state index in [4.69, 9.17) is 0 Å². The first kappa shape index (κ1) is 14.8. The van der Waals surface area contributed by atoms with Crippen LogP contribution in [-0.4, -0.2) is 17.6 Å². The van der Waals surface area contributed by atoms with Crippen molar-refractivity contribution in [2.75, 3.05) is 6.54 Å². The number of aliphatic hydroxyl groups is 1. The summed E-state index contributed by atoms with van der Waals surface area (Å²) in [5, 5.41) is 16.8. The number of fused-ring (bicyclic) bond motifs is 1. The Bertz CT molecular complexity index is 762. The van der Waals surface area contributed by atoms with Crippen molar-refractivity contribution in [1.29, 1.82) is 0 Å². The molecule has 0 radical (unpaired) electrons. The van der Waals surface area contributed by atoms with Crippen molar-refractivity contribution < 1.29 is 9.90 Å². The molecule has 0 bridgehead atoms. The van der Waals surface area contributed by atoms with E-state index in [1.54, 1.807) is 0 Å². The van der Waals surface area contributed by atoms with Gasteiger partial charge in [0.2, 0.25) is 0 Å². The third kappa shape index (κ3) is 3.18. The smallest absolute Gasteiger partial charge is 0.251 e. The van der Waals surface area contributed by atoms with Crippen molar-refractivity contribution in [1.82, 2.24) is 5.32 Å². The molecule has 0 fully saturated rings.